The van der Waals surface area contributed by atoms with Gasteiger partial charge < -0.3 is 14.8 Å². The molecule has 0 saturated heterocycles. The predicted molar refractivity (Wildman–Crippen MR) is 123 cm³/mol. The normalized spacial score (nSPS) is 10.9. The number of aryl methyl sites for hydroxylation is 1. The highest BCUT2D eigenvalue weighted by Crippen LogP contribution is 2.19. The molecule has 0 unspecified atom stereocenters. The third kappa shape index (κ3) is 5.67. The van der Waals surface area contributed by atoms with E-state index in [0.717, 1.165) is 17.9 Å². The first kappa shape index (κ1) is 21.1. The Balaban J connectivity index is 1.72. The molecule has 1 N–H and O–H groups in total. The molecule has 3 aromatic rings. The molecule has 0 atom stereocenters. The molecule has 1 heterocycles. The van der Waals surface area contributed by atoms with E-state index in [2.05, 4.69) is 53.3 Å². The summed E-state index contributed by atoms with van der Waals surface area (Å²) in [6, 6.07) is 20.6. The Kier molecular flexibility index (Phi) is 7.04. The van der Waals surface area contributed by atoms with E-state index in [1.807, 2.05) is 55.3 Å². The van der Waals surface area contributed by atoms with Crippen molar-refractivity contribution in [3.8, 4) is 0 Å². The molecular formula is C24H29N3OS. The molecule has 0 aliphatic carbocycles. The first-order chi connectivity index (χ1) is 14.0. The number of rotatable bonds is 7. The standard InChI is InChI=1S/C24H29N3OS/c1-18(2)27(24(28)25-21-10-12-23(29-4)13-11-21)17-22-9-6-14-26(22)16-20-8-5-7-19(3)15-20/h5-15,18H,16-17H2,1-4H3,(H,25,28). The van der Waals surface area contributed by atoms with E-state index < -0.39 is 0 Å². The van der Waals surface area contributed by atoms with Gasteiger partial charge in [0, 0.05) is 35.1 Å². The van der Waals surface area contributed by atoms with Crippen molar-refractivity contribution in [3.63, 3.8) is 0 Å². The van der Waals surface area contributed by atoms with Crippen LogP contribution >= 0.6 is 11.8 Å². The average molecular weight is 408 g/mol. The lowest BCUT2D eigenvalue weighted by Gasteiger charge is -2.27. The number of nitrogens with one attached hydrogen (secondary N) is 1. The van der Waals surface area contributed by atoms with Crippen molar-refractivity contribution in [3.05, 3.63) is 83.7 Å². The van der Waals surface area contributed by atoms with E-state index in [0.29, 0.717) is 6.54 Å². The van der Waals surface area contributed by atoms with Crippen LogP contribution in [-0.2, 0) is 13.1 Å². The van der Waals surface area contributed by atoms with Crippen LogP contribution in [-0.4, -0.2) is 27.8 Å². The number of anilines is 1. The third-order valence-electron chi connectivity index (χ3n) is 4.92. The fraction of sp³-hybridized carbons (Fsp3) is 0.292. The van der Waals surface area contributed by atoms with Gasteiger partial charge in [0.15, 0.2) is 0 Å². The zero-order valence-corrected chi connectivity index (χ0v) is 18.4. The molecule has 0 spiro atoms. The van der Waals surface area contributed by atoms with Crippen LogP contribution in [0.15, 0.2) is 71.8 Å². The number of aromatic nitrogens is 1. The number of carbonyl (C=O) groups excluding carboxylic acids is 1. The summed E-state index contributed by atoms with van der Waals surface area (Å²) < 4.78 is 2.21. The second-order valence-electron chi connectivity index (χ2n) is 7.50. The third-order valence-corrected chi connectivity index (χ3v) is 5.66. The van der Waals surface area contributed by atoms with E-state index >= 15 is 0 Å². The Labute approximate surface area is 177 Å². The van der Waals surface area contributed by atoms with Gasteiger partial charge in [0.1, 0.15) is 0 Å². The Morgan fingerprint density at radius 2 is 1.86 bits per heavy atom. The minimum Gasteiger partial charge on any atom is -0.345 e. The molecule has 0 bridgehead atoms. The zero-order valence-electron chi connectivity index (χ0n) is 17.6. The van der Waals surface area contributed by atoms with Gasteiger partial charge in [-0.1, -0.05) is 29.8 Å². The fourth-order valence-corrected chi connectivity index (χ4v) is 3.70. The van der Waals surface area contributed by atoms with Gasteiger partial charge in [-0.2, -0.15) is 0 Å². The highest BCUT2D eigenvalue weighted by Gasteiger charge is 2.19. The Morgan fingerprint density at radius 1 is 1.10 bits per heavy atom. The summed E-state index contributed by atoms with van der Waals surface area (Å²) in [4.78, 5) is 16.0. The number of amides is 2. The molecule has 5 heteroatoms. The van der Waals surface area contributed by atoms with Crippen LogP contribution in [0.4, 0.5) is 10.5 Å². The van der Waals surface area contributed by atoms with Crippen molar-refractivity contribution < 1.29 is 4.79 Å². The number of hydrogen-bond donors (Lipinski definition) is 1. The van der Waals surface area contributed by atoms with Gasteiger partial charge in [0.05, 0.1) is 6.54 Å². The lowest BCUT2D eigenvalue weighted by atomic mass is 10.1. The first-order valence-electron chi connectivity index (χ1n) is 9.87. The van der Waals surface area contributed by atoms with Gasteiger partial charge in [-0.3, -0.25) is 0 Å². The van der Waals surface area contributed by atoms with Crippen LogP contribution in [0.5, 0.6) is 0 Å². The maximum absolute atomic E-state index is 12.9. The lowest BCUT2D eigenvalue weighted by molar-refractivity contribution is 0.192. The van der Waals surface area contributed by atoms with E-state index in [1.54, 1.807) is 11.8 Å². The zero-order chi connectivity index (χ0) is 20.8. The van der Waals surface area contributed by atoms with Crippen molar-refractivity contribution in [1.82, 2.24) is 9.47 Å². The van der Waals surface area contributed by atoms with Crippen molar-refractivity contribution in [2.45, 2.75) is 44.8 Å². The molecule has 4 nitrogen and oxygen atoms in total. The molecule has 152 valence electrons. The monoisotopic (exact) mass is 407 g/mol. The van der Waals surface area contributed by atoms with E-state index in [1.165, 1.54) is 16.0 Å². The molecule has 2 aromatic carbocycles. The Morgan fingerprint density at radius 3 is 2.52 bits per heavy atom. The maximum atomic E-state index is 12.9. The Bertz CT molecular complexity index is 947. The second-order valence-corrected chi connectivity index (χ2v) is 8.38. The SMILES string of the molecule is CSc1ccc(NC(=O)N(Cc2cccn2Cc2cccc(C)c2)C(C)C)cc1. The number of benzene rings is 2. The highest BCUT2D eigenvalue weighted by molar-refractivity contribution is 7.98. The number of carbonyl (C=O) groups is 1. The van der Waals surface area contributed by atoms with Gasteiger partial charge in [-0.25, -0.2) is 4.79 Å². The average Bonchev–Trinajstić information content (AvgIpc) is 3.13. The first-order valence-corrected chi connectivity index (χ1v) is 11.1. The minimum absolute atomic E-state index is 0.0831. The molecule has 0 aliphatic heterocycles. The minimum atomic E-state index is -0.0831. The van der Waals surface area contributed by atoms with E-state index in [9.17, 15) is 4.79 Å². The van der Waals surface area contributed by atoms with E-state index in [4.69, 9.17) is 0 Å². The molecule has 1 aromatic heterocycles. The van der Waals surface area contributed by atoms with Crippen LogP contribution < -0.4 is 5.32 Å². The van der Waals surface area contributed by atoms with Crippen LogP contribution in [0.25, 0.3) is 0 Å². The van der Waals surface area contributed by atoms with Gasteiger partial charge in [0.25, 0.3) is 0 Å². The summed E-state index contributed by atoms with van der Waals surface area (Å²) in [5.74, 6) is 0. The van der Waals surface area contributed by atoms with Gasteiger partial charge >= 0.3 is 6.03 Å². The van der Waals surface area contributed by atoms with Crippen LogP contribution in [0.3, 0.4) is 0 Å². The Hall–Kier alpha value is -2.66. The van der Waals surface area contributed by atoms with Gasteiger partial charge in [-0.15, -0.1) is 11.8 Å². The van der Waals surface area contributed by atoms with Crippen LogP contribution in [0.2, 0.25) is 0 Å². The van der Waals surface area contributed by atoms with E-state index in [-0.39, 0.29) is 12.1 Å². The summed E-state index contributed by atoms with van der Waals surface area (Å²) in [6.07, 6.45) is 4.12. The van der Waals surface area contributed by atoms with Crippen LogP contribution in [0, 0.1) is 6.92 Å². The van der Waals surface area contributed by atoms with Crippen LogP contribution in [0.1, 0.15) is 30.7 Å². The predicted octanol–water partition coefficient (Wildman–Crippen LogP) is 6.01. The molecule has 29 heavy (non-hydrogen) atoms. The topological polar surface area (TPSA) is 37.3 Å². The quantitative estimate of drug-likeness (QED) is 0.487. The largest absolute Gasteiger partial charge is 0.345 e. The summed E-state index contributed by atoms with van der Waals surface area (Å²) in [5.41, 5.74) is 4.45. The van der Waals surface area contributed by atoms with Crippen molar-refractivity contribution in [1.29, 1.82) is 0 Å². The smallest absolute Gasteiger partial charge is 0.322 e. The summed E-state index contributed by atoms with van der Waals surface area (Å²) in [6.45, 7) is 7.56. The van der Waals surface area contributed by atoms with Crippen molar-refractivity contribution in [2.75, 3.05) is 11.6 Å². The molecule has 2 amide bonds. The summed E-state index contributed by atoms with van der Waals surface area (Å²) >= 11 is 1.69. The van der Waals surface area contributed by atoms with Crippen molar-refractivity contribution in [2.24, 2.45) is 0 Å². The molecule has 0 fully saturated rings. The number of hydrogen-bond acceptors (Lipinski definition) is 2. The molecule has 0 aliphatic rings. The number of nitrogens with zero attached hydrogens (tertiary/aromatic N) is 2. The lowest BCUT2D eigenvalue weighted by Crippen LogP contribution is -2.40. The fourth-order valence-electron chi connectivity index (χ4n) is 3.29. The molecule has 0 saturated carbocycles. The second kappa shape index (κ2) is 9.70. The van der Waals surface area contributed by atoms with Gasteiger partial charge in [0.2, 0.25) is 0 Å². The van der Waals surface area contributed by atoms with Gasteiger partial charge in [-0.05, 0) is 69.0 Å². The molecule has 0 radical (unpaired) electrons. The molecule has 3 rings (SSSR count). The summed E-state index contributed by atoms with van der Waals surface area (Å²) in [5, 5.41) is 3.03. The van der Waals surface area contributed by atoms with Crippen molar-refractivity contribution >= 4 is 23.5 Å². The number of thioether (sulfide) groups is 1. The molecular weight excluding hydrogens is 378 g/mol. The summed E-state index contributed by atoms with van der Waals surface area (Å²) in [7, 11) is 0. The highest BCUT2D eigenvalue weighted by atomic mass is 32.2. The number of urea groups is 1. The maximum Gasteiger partial charge on any atom is 0.322 e.